The van der Waals surface area contributed by atoms with Crippen molar-refractivity contribution in [1.82, 2.24) is 20.0 Å². The van der Waals surface area contributed by atoms with Crippen molar-refractivity contribution < 1.29 is 4.79 Å². The number of carbonyl (C=O) groups is 1. The molecule has 0 bridgehead atoms. The summed E-state index contributed by atoms with van der Waals surface area (Å²) < 4.78 is 1.71. The zero-order valence-electron chi connectivity index (χ0n) is 12.4. The number of amides is 1. The summed E-state index contributed by atoms with van der Waals surface area (Å²) in [6.45, 7) is 3.86. The molecule has 20 heavy (non-hydrogen) atoms. The fourth-order valence-electron chi connectivity index (χ4n) is 3.06. The van der Waals surface area contributed by atoms with Crippen LogP contribution >= 0.6 is 0 Å². The van der Waals surface area contributed by atoms with Crippen molar-refractivity contribution in [2.24, 2.45) is 7.05 Å². The summed E-state index contributed by atoms with van der Waals surface area (Å²) in [4.78, 5) is 14.8. The molecule has 1 aliphatic heterocycles. The van der Waals surface area contributed by atoms with Gasteiger partial charge in [0.25, 0.3) is 5.91 Å². The molecule has 5 heteroatoms. The average molecular weight is 276 g/mol. The largest absolute Gasteiger partial charge is 0.333 e. The maximum atomic E-state index is 12.8. The number of piperidine rings is 1. The molecule has 110 valence electrons. The lowest BCUT2D eigenvalue weighted by atomic mass is 10.0. The third-order valence-electron chi connectivity index (χ3n) is 4.30. The van der Waals surface area contributed by atoms with Crippen LogP contribution in [0.3, 0.4) is 0 Å². The second kappa shape index (κ2) is 5.56. The van der Waals surface area contributed by atoms with E-state index in [1.807, 2.05) is 20.0 Å². The van der Waals surface area contributed by atoms with Gasteiger partial charge in [0, 0.05) is 25.7 Å². The van der Waals surface area contributed by atoms with Gasteiger partial charge >= 0.3 is 0 Å². The van der Waals surface area contributed by atoms with E-state index < -0.39 is 0 Å². The van der Waals surface area contributed by atoms with Gasteiger partial charge in [-0.05, 0) is 45.2 Å². The Morgan fingerprint density at radius 1 is 1.45 bits per heavy atom. The topological polar surface area (TPSA) is 50.2 Å². The molecule has 0 spiro atoms. The minimum atomic E-state index is 0.142. The predicted octanol–water partition coefficient (Wildman–Crippen LogP) is 1.48. The molecule has 1 aromatic rings. The standard InChI is InChI=1S/C15H24N4O/c1-11-9-14(18(2)17-11)15(20)19(13-6-7-13)10-12-5-3-4-8-16-12/h9,12-13,16H,3-8,10H2,1-2H3. The van der Waals surface area contributed by atoms with Crippen LogP contribution in [0.5, 0.6) is 0 Å². The monoisotopic (exact) mass is 276 g/mol. The molecule has 1 unspecified atom stereocenters. The van der Waals surface area contributed by atoms with Gasteiger partial charge in [0.15, 0.2) is 0 Å². The highest BCUT2D eigenvalue weighted by atomic mass is 16.2. The molecule has 3 rings (SSSR count). The number of rotatable bonds is 4. The molecule has 1 saturated heterocycles. The highest BCUT2D eigenvalue weighted by Gasteiger charge is 2.35. The quantitative estimate of drug-likeness (QED) is 0.906. The zero-order valence-corrected chi connectivity index (χ0v) is 12.4. The van der Waals surface area contributed by atoms with Crippen LogP contribution in [-0.2, 0) is 7.05 Å². The van der Waals surface area contributed by atoms with Gasteiger partial charge in [0.1, 0.15) is 5.69 Å². The number of hydrogen-bond acceptors (Lipinski definition) is 3. The van der Waals surface area contributed by atoms with Gasteiger partial charge in [0.2, 0.25) is 0 Å². The Balaban J connectivity index is 1.72. The normalized spacial score (nSPS) is 22.8. The van der Waals surface area contributed by atoms with E-state index in [-0.39, 0.29) is 5.91 Å². The molecule has 5 nitrogen and oxygen atoms in total. The van der Waals surface area contributed by atoms with Gasteiger partial charge in [-0.3, -0.25) is 9.48 Å². The molecule has 1 N–H and O–H groups in total. The molecule has 1 saturated carbocycles. The fraction of sp³-hybridized carbons (Fsp3) is 0.733. The molecule has 2 heterocycles. The second-order valence-corrected chi connectivity index (χ2v) is 6.13. The summed E-state index contributed by atoms with van der Waals surface area (Å²) in [5.41, 5.74) is 1.62. The van der Waals surface area contributed by atoms with E-state index in [2.05, 4.69) is 15.3 Å². The average Bonchev–Trinajstić information content (AvgIpc) is 3.22. The molecule has 1 atom stereocenters. The summed E-state index contributed by atoms with van der Waals surface area (Å²) in [5, 5.41) is 7.84. The number of aryl methyl sites for hydroxylation is 2. The van der Waals surface area contributed by atoms with Gasteiger partial charge in [-0.15, -0.1) is 0 Å². The van der Waals surface area contributed by atoms with Crippen molar-refractivity contribution in [3.8, 4) is 0 Å². The Hall–Kier alpha value is -1.36. The highest BCUT2D eigenvalue weighted by Crippen LogP contribution is 2.29. The summed E-state index contributed by atoms with van der Waals surface area (Å²) in [7, 11) is 1.85. The lowest BCUT2D eigenvalue weighted by molar-refractivity contribution is 0.0706. The SMILES string of the molecule is Cc1cc(C(=O)N(CC2CCCCN2)C2CC2)n(C)n1. The van der Waals surface area contributed by atoms with Crippen molar-refractivity contribution >= 4 is 5.91 Å². The minimum absolute atomic E-state index is 0.142. The highest BCUT2D eigenvalue weighted by molar-refractivity contribution is 5.93. The molecule has 1 amide bonds. The van der Waals surface area contributed by atoms with Gasteiger partial charge in [-0.25, -0.2) is 0 Å². The van der Waals surface area contributed by atoms with Crippen molar-refractivity contribution in [3.05, 3.63) is 17.5 Å². The van der Waals surface area contributed by atoms with E-state index in [0.717, 1.165) is 31.6 Å². The summed E-state index contributed by atoms with van der Waals surface area (Å²) in [5.74, 6) is 0.142. The zero-order chi connectivity index (χ0) is 14.1. The van der Waals surface area contributed by atoms with Gasteiger partial charge in [-0.1, -0.05) is 6.42 Å². The van der Waals surface area contributed by atoms with Crippen molar-refractivity contribution in [1.29, 1.82) is 0 Å². The van der Waals surface area contributed by atoms with Crippen LogP contribution in [-0.4, -0.2) is 45.8 Å². The van der Waals surface area contributed by atoms with Crippen LogP contribution in [0.25, 0.3) is 0 Å². The molecule has 1 aliphatic carbocycles. The van der Waals surface area contributed by atoms with Crippen LogP contribution < -0.4 is 5.32 Å². The Labute approximate surface area is 120 Å². The second-order valence-electron chi connectivity index (χ2n) is 6.13. The van der Waals surface area contributed by atoms with Crippen LogP contribution in [0, 0.1) is 6.92 Å². The van der Waals surface area contributed by atoms with Crippen molar-refractivity contribution in [2.75, 3.05) is 13.1 Å². The Morgan fingerprint density at radius 2 is 2.25 bits per heavy atom. The molecular formula is C15H24N4O. The fourth-order valence-corrected chi connectivity index (χ4v) is 3.06. The van der Waals surface area contributed by atoms with Gasteiger partial charge in [-0.2, -0.15) is 5.10 Å². The number of nitrogens with one attached hydrogen (secondary N) is 1. The van der Waals surface area contributed by atoms with E-state index in [4.69, 9.17) is 0 Å². The van der Waals surface area contributed by atoms with Crippen LogP contribution in [0.1, 0.15) is 48.3 Å². The maximum absolute atomic E-state index is 12.8. The number of nitrogens with zero attached hydrogens (tertiary/aromatic N) is 3. The van der Waals surface area contributed by atoms with E-state index >= 15 is 0 Å². The van der Waals surface area contributed by atoms with Crippen LogP contribution in [0.2, 0.25) is 0 Å². The number of aromatic nitrogens is 2. The Morgan fingerprint density at radius 3 is 2.80 bits per heavy atom. The summed E-state index contributed by atoms with van der Waals surface area (Å²) in [6, 6.07) is 2.80. The van der Waals surface area contributed by atoms with Gasteiger partial charge < -0.3 is 10.2 Å². The molecule has 2 fully saturated rings. The third-order valence-corrected chi connectivity index (χ3v) is 4.30. The predicted molar refractivity (Wildman–Crippen MR) is 77.6 cm³/mol. The van der Waals surface area contributed by atoms with Crippen molar-refractivity contribution in [2.45, 2.75) is 51.1 Å². The van der Waals surface area contributed by atoms with Crippen LogP contribution in [0.4, 0.5) is 0 Å². The molecule has 0 radical (unpaired) electrons. The van der Waals surface area contributed by atoms with E-state index in [9.17, 15) is 4.79 Å². The molecule has 2 aliphatic rings. The van der Waals surface area contributed by atoms with E-state index in [1.165, 1.54) is 19.3 Å². The first-order chi connectivity index (χ1) is 9.65. The number of carbonyl (C=O) groups excluding carboxylic acids is 1. The minimum Gasteiger partial charge on any atom is -0.333 e. The maximum Gasteiger partial charge on any atom is 0.272 e. The first-order valence-corrected chi connectivity index (χ1v) is 7.70. The van der Waals surface area contributed by atoms with Crippen LogP contribution in [0.15, 0.2) is 6.07 Å². The lowest BCUT2D eigenvalue weighted by Crippen LogP contribution is -2.47. The van der Waals surface area contributed by atoms with E-state index in [0.29, 0.717) is 17.8 Å². The Kier molecular flexibility index (Phi) is 3.78. The Bertz CT molecular complexity index is 486. The molecular weight excluding hydrogens is 252 g/mol. The first-order valence-electron chi connectivity index (χ1n) is 7.70. The third kappa shape index (κ3) is 2.87. The smallest absolute Gasteiger partial charge is 0.272 e. The van der Waals surface area contributed by atoms with E-state index in [1.54, 1.807) is 4.68 Å². The van der Waals surface area contributed by atoms with Crippen molar-refractivity contribution in [3.63, 3.8) is 0 Å². The van der Waals surface area contributed by atoms with Gasteiger partial charge in [0.05, 0.1) is 5.69 Å². The molecule has 0 aromatic carbocycles. The summed E-state index contributed by atoms with van der Waals surface area (Å²) in [6.07, 6.45) is 6.01. The molecule has 1 aromatic heterocycles. The first kappa shape index (κ1) is 13.6. The summed E-state index contributed by atoms with van der Waals surface area (Å²) >= 11 is 0. The lowest BCUT2D eigenvalue weighted by Gasteiger charge is -2.30. The number of hydrogen-bond donors (Lipinski definition) is 1.